The summed E-state index contributed by atoms with van der Waals surface area (Å²) >= 11 is 5.90. The first kappa shape index (κ1) is 18.7. The average molecular weight is 378 g/mol. The summed E-state index contributed by atoms with van der Waals surface area (Å²) in [5, 5.41) is 6.15. The zero-order valence-corrected chi connectivity index (χ0v) is 15.6. The van der Waals surface area contributed by atoms with E-state index in [9.17, 15) is 14.4 Å². The Labute approximate surface area is 158 Å². The van der Waals surface area contributed by atoms with Crippen LogP contribution in [0.1, 0.15) is 37.2 Å². The normalized spacial score (nSPS) is 25.2. The highest BCUT2D eigenvalue weighted by Gasteiger charge is 2.35. The van der Waals surface area contributed by atoms with E-state index in [-0.39, 0.29) is 17.9 Å². The molecule has 1 saturated heterocycles. The number of halogens is 1. The monoisotopic (exact) mass is 377 g/mol. The van der Waals surface area contributed by atoms with Gasteiger partial charge in [0.25, 0.3) is 0 Å². The fourth-order valence-corrected chi connectivity index (χ4v) is 3.84. The minimum absolute atomic E-state index is 0.0201. The second-order valence-corrected chi connectivity index (χ2v) is 7.53. The van der Waals surface area contributed by atoms with E-state index in [1.165, 1.54) is 10.5 Å². The van der Waals surface area contributed by atoms with Crippen molar-refractivity contribution >= 4 is 29.3 Å². The number of carbonyl (C=O) groups excluding carboxylic acids is 3. The van der Waals surface area contributed by atoms with Crippen molar-refractivity contribution in [1.82, 2.24) is 15.5 Å². The number of likely N-dealkylation sites (tertiary alicyclic amines) is 1. The first-order chi connectivity index (χ1) is 12.5. The summed E-state index contributed by atoms with van der Waals surface area (Å²) in [4.78, 5) is 37.9. The van der Waals surface area contributed by atoms with Crippen molar-refractivity contribution in [2.75, 3.05) is 20.1 Å². The maximum Gasteiger partial charge on any atom is 0.311 e. The predicted molar refractivity (Wildman–Crippen MR) is 98.7 cm³/mol. The topological polar surface area (TPSA) is 78.5 Å². The van der Waals surface area contributed by atoms with Gasteiger partial charge in [-0.1, -0.05) is 23.7 Å². The Morgan fingerprint density at radius 1 is 1.15 bits per heavy atom. The molecule has 1 aromatic rings. The van der Waals surface area contributed by atoms with Crippen LogP contribution < -0.4 is 10.6 Å². The van der Waals surface area contributed by atoms with Crippen LogP contribution in [0.5, 0.6) is 0 Å². The number of piperidine rings is 1. The molecule has 0 spiro atoms. The Balaban J connectivity index is 1.47. The first-order valence-corrected chi connectivity index (χ1v) is 9.42. The lowest BCUT2D eigenvalue weighted by molar-refractivity contribution is -0.148. The average Bonchev–Trinajstić information content (AvgIpc) is 2.64. The largest absolute Gasteiger partial charge is 0.359 e. The Bertz CT molecular complexity index is 686. The maximum absolute atomic E-state index is 12.4. The molecule has 2 fully saturated rings. The highest BCUT2D eigenvalue weighted by atomic mass is 35.5. The second-order valence-electron chi connectivity index (χ2n) is 7.09. The smallest absolute Gasteiger partial charge is 0.311 e. The summed E-state index contributed by atoms with van der Waals surface area (Å²) in [6.07, 6.45) is 3.12. The molecule has 3 rings (SSSR count). The minimum atomic E-state index is -0.567. The van der Waals surface area contributed by atoms with E-state index < -0.39 is 11.8 Å². The molecule has 1 aromatic carbocycles. The highest BCUT2D eigenvalue weighted by molar-refractivity contribution is 6.35. The highest BCUT2D eigenvalue weighted by Crippen LogP contribution is 2.37. The van der Waals surface area contributed by atoms with Crippen LogP contribution >= 0.6 is 11.6 Å². The third kappa shape index (κ3) is 4.18. The molecule has 140 valence electrons. The standard InChI is InChI=1S/C19H24ClN3O3/c1-21-17(24)13-3-2-8-23(11-13)19(26)18(25)22-16-9-14(10-16)12-4-6-15(20)7-5-12/h4-7,13-14,16H,2-3,8-11H2,1H3,(H,21,24)(H,22,25). The van der Waals surface area contributed by atoms with Crippen molar-refractivity contribution in [3.63, 3.8) is 0 Å². The molecule has 2 N–H and O–H groups in total. The molecule has 1 atom stereocenters. The molecule has 1 aliphatic heterocycles. The number of carbonyl (C=O) groups is 3. The van der Waals surface area contributed by atoms with E-state index in [4.69, 9.17) is 11.6 Å². The number of rotatable bonds is 3. The van der Waals surface area contributed by atoms with E-state index in [0.717, 1.165) is 25.7 Å². The lowest BCUT2D eigenvalue weighted by atomic mass is 9.76. The Kier molecular flexibility index (Phi) is 5.81. The molecular weight excluding hydrogens is 354 g/mol. The fraction of sp³-hybridized carbons (Fsp3) is 0.526. The lowest BCUT2D eigenvalue weighted by Gasteiger charge is -2.37. The van der Waals surface area contributed by atoms with Gasteiger partial charge in [-0.25, -0.2) is 0 Å². The molecular formula is C19H24ClN3O3. The van der Waals surface area contributed by atoms with Crippen molar-refractivity contribution in [3.8, 4) is 0 Å². The van der Waals surface area contributed by atoms with Crippen LogP contribution in [0.3, 0.4) is 0 Å². The molecule has 7 heteroatoms. The minimum Gasteiger partial charge on any atom is -0.359 e. The zero-order valence-electron chi connectivity index (χ0n) is 14.8. The van der Waals surface area contributed by atoms with Crippen molar-refractivity contribution < 1.29 is 14.4 Å². The first-order valence-electron chi connectivity index (χ1n) is 9.04. The third-order valence-electron chi connectivity index (χ3n) is 5.33. The number of benzene rings is 1. The van der Waals surface area contributed by atoms with Gasteiger partial charge in [0, 0.05) is 31.2 Å². The van der Waals surface area contributed by atoms with Gasteiger partial charge >= 0.3 is 11.8 Å². The van der Waals surface area contributed by atoms with E-state index >= 15 is 0 Å². The Morgan fingerprint density at radius 2 is 1.85 bits per heavy atom. The maximum atomic E-state index is 12.4. The second kappa shape index (κ2) is 8.08. The predicted octanol–water partition coefficient (Wildman–Crippen LogP) is 1.69. The number of amides is 3. The zero-order chi connectivity index (χ0) is 18.7. The van der Waals surface area contributed by atoms with Gasteiger partial charge in [-0.15, -0.1) is 0 Å². The molecule has 1 unspecified atom stereocenters. The van der Waals surface area contributed by atoms with Crippen LogP contribution in [-0.2, 0) is 14.4 Å². The van der Waals surface area contributed by atoms with Crippen molar-refractivity contribution in [1.29, 1.82) is 0 Å². The lowest BCUT2D eigenvalue weighted by Crippen LogP contribution is -2.53. The molecule has 3 amide bonds. The van der Waals surface area contributed by atoms with Crippen LogP contribution in [0.2, 0.25) is 5.02 Å². The summed E-state index contributed by atoms with van der Waals surface area (Å²) in [5.74, 6) is -1.02. The quantitative estimate of drug-likeness (QED) is 0.787. The van der Waals surface area contributed by atoms with E-state index in [1.54, 1.807) is 7.05 Å². The van der Waals surface area contributed by atoms with Crippen LogP contribution in [0, 0.1) is 5.92 Å². The summed E-state index contributed by atoms with van der Waals surface area (Å²) in [6.45, 7) is 0.835. The summed E-state index contributed by atoms with van der Waals surface area (Å²) in [7, 11) is 1.59. The molecule has 1 heterocycles. The molecule has 0 aromatic heterocycles. The van der Waals surface area contributed by atoms with Gasteiger partial charge in [-0.05, 0) is 49.3 Å². The summed E-state index contributed by atoms with van der Waals surface area (Å²) in [6, 6.07) is 7.76. The summed E-state index contributed by atoms with van der Waals surface area (Å²) in [5.41, 5.74) is 1.20. The van der Waals surface area contributed by atoms with E-state index in [2.05, 4.69) is 10.6 Å². The SMILES string of the molecule is CNC(=O)C1CCCN(C(=O)C(=O)NC2CC(c3ccc(Cl)cc3)C2)C1. The van der Waals surface area contributed by atoms with Crippen LogP contribution in [0.25, 0.3) is 0 Å². The molecule has 6 nitrogen and oxygen atoms in total. The van der Waals surface area contributed by atoms with Gasteiger partial charge < -0.3 is 15.5 Å². The fourth-order valence-electron chi connectivity index (χ4n) is 3.71. The van der Waals surface area contributed by atoms with Gasteiger partial charge in [-0.3, -0.25) is 14.4 Å². The molecule has 2 aliphatic rings. The van der Waals surface area contributed by atoms with Crippen LogP contribution in [-0.4, -0.2) is 48.8 Å². The van der Waals surface area contributed by atoms with Crippen molar-refractivity contribution in [2.24, 2.45) is 5.92 Å². The number of nitrogens with one attached hydrogen (secondary N) is 2. The van der Waals surface area contributed by atoms with E-state index in [0.29, 0.717) is 24.0 Å². The molecule has 0 bridgehead atoms. The van der Waals surface area contributed by atoms with Crippen LogP contribution in [0.15, 0.2) is 24.3 Å². The Hall–Kier alpha value is -2.08. The van der Waals surface area contributed by atoms with Gasteiger partial charge in [-0.2, -0.15) is 0 Å². The molecule has 26 heavy (non-hydrogen) atoms. The molecule has 1 saturated carbocycles. The van der Waals surface area contributed by atoms with Crippen molar-refractivity contribution in [2.45, 2.75) is 37.6 Å². The summed E-state index contributed by atoms with van der Waals surface area (Å²) < 4.78 is 0. The number of nitrogens with zero attached hydrogens (tertiary/aromatic N) is 1. The van der Waals surface area contributed by atoms with E-state index in [1.807, 2.05) is 24.3 Å². The van der Waals surface area contributed by atoms with Gasteiger partial charge in [0.15, 0.2) is 0 Å². The van der Waals surface area contributed by atoms with Crippen molar-refractivity contribution in [3.05, 3.63) is 34.9 Å². The van der Waals surface area contributed by atoms with Gasteiger partial charge in [0.05, 0.1) is 5.92 Å². The number of hydrogen-bond acceptors (Lipinski definition) is 3. The van der Waals surface area contributed by atoms with Crippen LogP contribution in [0.4, 0.5) is 0 Å². The third-order valence-corrected chi connectivity index (χ3v) is 5.59. The molecule has 1 aliphatic carbocycles. The van der Waals surface area contributed by atoms with Gasteiger partial charge in [0.1, 0.15) is 0 Å². The van der Waals surface area contributed by atoms with Gasteiger partial charge in [0.2, 0.25) is 5.91 Å². The number of hydrogen-bond donors (Lipinski definition) is 2. The Morgan fingerprint density at radius 3 is 2.50 bits per heavy atom. The molecule has 0 radical (unpaired) electrons.